The van der Waals surface area contributed by atoms with Gasteiger partial charge in [-0.15, -0.1) is 0 Å². The van der Waals surface area contributed by atoms with E-state index in [0.29, 0.717) is 45.3 Å². The number of benzene rings is 3. The maximum Gasteiger partial charge on any atom is 0.255 e. The number of Topliss-reactive ketones (excluding diaryl/α,β-unsaturated/α-hetero) is 1. The van der Waals surface area contributed by atoms with Crippen LogP contribution < -0.4 is 10.2 Å². The topological polar surface area (TPSA) is 105 Å². The third kappa shape index (κ3) is 6.47. The minimum atomic E-state index is -0.892. The zero-order valence-electron chi connectivity index (χ0n) is 23.1. The highest BCUT2D eigenvalue weighted by atomic mass is 35.5. The molecule has 5 rings (SSSR count). The van der Waals surface area contributed by atoms with E-state index in [2.05, 4.69) is 5.48 Å². The molecule has 1 saturated carbocycles. The zero-order valence-corrected chi connectivity index (χ0v) is 24.6. The summed E-state index contributed by atoms with van der Waals surface area (Å²) in [6, 6.07) is 17.7. The molecular formula is C32H32Cl2N2O6. The summed E-state index contributed by atoms with van der Waals surface area (Å²) >= 11 is 12.9. The third-order valence-electron chi connectivity index (χ3n) is 7.74. The van der Waals surface area contributed by atoms with Crippen LogP contribution in [0.15, 0.2) is 66.7 Å². The number of hydrogen-bond acceptors (Lipinski definition) is 6. The van der Waals surface area contributed by atoms with E-state index in [1.165, 1.54) is 6.92 Å². The molecule has 0 unspecified atom stereocenters. The van der Waals surface area contributed by atoms with Gasteiger partial charge >= 0.3 is 0 Å². The Morgan fingerprint density at radius 1 is 1.00 bits per heavy atom. The van der Waals surface area contributed by atoms with Crippen LogP contribution in [0.5, 0.6) is 5.75 Å². The number of nitrogens with one attached hydrogen (secondary N) is 1. The molecule has 1 heterocycles. The van der Waals surface area contributed by atoms with Crippen molar-refractivity contribution in [2.24, 2.45) is 0 Å². The largest absolute Gasteiger partial charge is 0.486 e. The van der Waals surface area contributed by atoms with Crippen molar-refractivity contribution in [3.8, 4) is 5.75 Å². The SMILES string of the molecule is CC(=O)COc1cccc(CONC(=O)[C@@H]2c3ccccc3C(=O)N([C@H]3CCCC[C@@H]3O)[C@H]2c2ccc(Cl)cc2Cl)c1. The van der Waals surface area contributed by atoms with Gasteiger partial charge in [0.2, 0.25) is 0 Å². The van der Waals surface area contributed by atoms with Gasteiger partial charge in [0.1, 0.15) is 12.4 Å². The van der Waals surface area contributed by atoms with E-state index >= 15 is 0 Å². The molecule has 0 spiro atoms. The Balaban J connectivity index is 1.47. The van der Waals surface area contributed by atoms with E-state index in [-0.39, 0.29) is 24.9 Å². The van der Waals surface area contributed by atoms with Crippen molar-refractivity contribution < 1.29 is 29.1 Å². The molecule has 4 atom stereocenters. The van der Waals surface area contributed by atoms with Crippen molar-refractivity contribution in [3.05, 3.63) is 99.0 Å². The van der Waals surface area contributed by atoms with Gasteiger partial charge in [0.15, 0.2) is 5.78 Å². The molecule has 0 saturated heterocycles. The van der Waals surface area contributed by atoms with Gasteiger partial charge in [-0.2, -0.15) is 0 Å². The standard InChI is InChI=1S/C32H32Cl2N2O6/c1-19(37)17-41-22-8-6-7-20(15-22)18-42-35-31(39)29-23-9-2-3-10-24(23)32(40)36(27-11-4-5-12-28(27)38)30(29)25-14-13-21(33)16-26(25)34/h2-3,6-10,13-16,27-30,38H,4-5,11-12,17-18H2,1H3,(H,35,39)/t27-,28-,29+,30-/m0/s1. The summed E-state index contributed by atoms with van der Waals surface area (Å²) < 4.78 is 5.47. The molecule has 10 heteroatoms. The fraction of sp³-hybridized carbons (Fsp3) is 0.344. The van der Waals surface area contributed by atoms with Crippen LogP contribution in [0.3, 0.4) is 0 Å². The van der Waals surface area contributed by atoms with Crippen LogP contribution in [0.4, 0.5) is 0 Å². The van der Waals surface area contributed by atoms with E-state index in [4.69, 9.17) is 32.8 Å². The second-order valence-electron chi connectivity index (χ2n) is 10.7. The average molecular weight is 612 g/mol. The lowest BCUT2D eigenvalue weighted by Gasteiger charge is -2.48. The number of amides is 2. The molecule has 3 aromatic carbocycles. The van der Waals surface area contributed by atoms with Crippen LogP contribution in [0.25, 0.3) is 0 Å². The number of halogens is 2. The molecule has 2 N–H and O–H groups in total. The van der Waals surface area contributed by atoms with Crippen molar-refractivity contribution in [2.75, 3.05) is 6.61 Å². The zero-order chi connectivity index (χ0) is 29.8. The predicted octanol–water partition coefficient (Wildman–Crippen LogP) is 5.79. The van der Waals surface area contributed by atoms with Gasteiger partial charge in [-0.3, -0.25) is 19.2 Å². The molecule has 0 aromatic heterocycles. The van der Waals surface area contributed by atoms with Crippen LogP contribution in [0.1, 0.15) is 71.6 Å². The maximum atomic E-state index is 14.1. The number of fused-ring (bicyclic) bond motifs is 1. The van der Waals surface area contributed by atoms with Gasteiger partial charge in [0, 0.05) is 15.6 Å². The number of hydrogen-bond donors (Lipinski definition) is 2. The van der Waals surface area contributed by atoms with E-state index in [9.17, 15) is 19.5 Å². The molecule has 0 bridgehead atoms. The highest BCUT2D eigenvalue weighted by Crippen LogP contribution is 2.47. The van der Waals surface area contributed by atoms with Crippen molar-refractivity contribution in [1.82, 2.24) is 10.4 Å². The van der Waals surface area contributed by atoms with Crippen molar-refractivity contribution >= 4 is 40.8 Å². The summed E-state index contributed by atoms with van der Waals surface area (Å²) in [5.74, 6) is -1.21. The number of ether oxygens (including phenoxy) is 1. The molecule has 1 fully saturated rings. The van der Waals surface area contributed by atoms with Crippen molar-refractivity contribution in [2.45, 2.75) is 63.3 Å². The first-order valence-electron chi connectivity index (χ1n) is 13.9. The molecule has 0 radical (unpaired) electrons. The monoisotopic (exact) mass is 610 g/mol. The van der Waals surface area contributed by atoms with Crippen molar-refractivity contribution in [3.63, 3.8) is 0 Å². The molecule has 3 aromatic rings. The molecule has 220 valence electrons. The van der Waals surface area contributed by atoms with Gasteiger partial charge in [-0.1, -0.05) is 72.4 Å². The lowest BCUT2D eigenvalue weighted by molar-refractivity contribution is -0.138. The lowest BCUT2D eigenvalue weighted by Crippen LogP contribution is -2.55. The number of rotatable bonds is 9. The summed E-state index contributed by atoms with van der Waals surface area (Å²) in [7, 11) is 0. The van der Waals surface area contributed by atoms with Gasteiger partial charge in [0.05, 0.1) is 30.7 Å². The normalized spacial score (nSPS) is 21.9. The Morgan fingerprint density at radius 2 is 1.79 bits per heavy atom. The minimum absolute atomic E-state index is 0.0354. The predicted molar refractivity (Wildman–Crippen MR) is 158 cm³/mol. The van der Waals surface area contributed by atoms with Gasteiger partial charge < -0.3 is 14.7 Å². The van der Waals surface area contributed by atoms with E-state index in [1.807, 2.05) is 6.07 Å². The summed E-state index contributed by atoms with van der Waals surface area (Å²) in [5.41, 5.74) is 4.80. The first-order chi connectivity index (χ1) is 20.2. The maximum absolute atomic E-state index is 14.1. The van der Waals surface area contributed by atoms with Gasteiger partial charge in [0.25, 0.3) is 11.8 Å². The van der Waals surface area contributed by atoms with Crippen LogP contribution in [-0.4, -0.2) is 46.4 Å². The Bertz CT molecular complexity index is 1480. The van der Waals surface area contributed by atoms with E-state index in [0.717, 1.165) is 18.4 Å². The van der Waals surface area contributed by atoms with Crippen LogP contribution >= 0.6 is 23.2 Å². The Morgan fingerprint density at radius 3 is 2.55 bits per heavy atom. The van der Waals surface area contributed by atoms with Crippen LogP contribution in [0.2, 0.25) is 10.0 Å². The fourth-order valence-corrected chi connectivity index (χ4v) is 6.37. The number of nitrogens with zero attached hydrogens (tertiary/aromatic N) is 1. The Labute approximate surface area is 254 Å². The summed E-state index contributed by atoms with van der Waals surface area (Å²) in [6.45, 7) is 1.44. The van der Waals surface area contributed by atoms with E-state index in [1.54, 1.807) is 65.6 Å². The quantitative estimate of drug-likeness (QED) is 0.297. The summed E-state index contributed by atoms with van der Waals surface area (Å²) in [4.78, 5) is 46.6. The Hall–Kier alpha value is -3.43. The van der Waals surface area contributed by atoms with Crippen molar-refractivity contribution in [1.29, 1.82) is 0 Å². The number of aliphatic hydroxyl groups excluding tert-OH is 1. The number of hydroxylamine groups is 1. The molecule has 1 aliphatic heterocycles. The number of carbonyl (C=O) groups excluding carboxylic acids is 3. The smallest absolute Gasteiger partial charge is 0.255 e. The minimum Gasteiger partial charge on any atom is -0.486 e. The van der Waals surface area contributed by atoms with Crippen LogP contribution in [0, 0.1) is 0 Å². The molecule has 8 nitrogen and oxygen atoms in total. The highest BCUT2D eigenvalue weighted by molar-refractivity contribution is 6.35. The molecular weight excluding hydrogens is 579 g/mol. The second kappa shape index (κ2) is 13.3. The average Bonchev–Trinajstić information content (AvgIpc) is 2.97. The number of ketones is 1. The molecule has 42 heavy (non-hydrogen) atoms. The second-order valence-corrected chi connectivity index (χ2v) is 11.5. The van der Waals surface area contributed by atoms with Gasteiger partial charge in [-0.25, -0.2) is 5.48 Å². The highest BCUT2D eigenvalue weighted by Gasteiger charge is 2.49. The third-order valence-corrected chi connectivity index (χ3v) is 8.31. The number of aliphatic hydroxyl groups is 1. The fourth-order valence-electron chi connectivity index (χ4n) is 5.85. The molecule has 2 aliphatic rings. The van der Waals surface area contributed by atoms with Gasteiger partial charge in [-0.05, 0) is 66.8 Å². The summed E-state index contributed by atoms with van der Waals surface area (Å²) in [5, 5.41) is 11.8. The molecule has 2 amide bonds. The Kier molecular flexibility index (Phi) is 9.48. The van der Waals surface area contributed by atoms with E-state index < -0.39 is 30.0 Å². The summed E-state index contributed by atoms with van der Waals surface area (Å²) in [6.07, 6.45) is 2.14. The first-order valence-corrected chi connectivity index (χ1v) is 14.7. The number of carbonyl (C=O) groups is 3. The lowest BCUT2D eigenvalue weighted by atomic mass is 9.77. The molecule has 1 aliphatic carbocycles. The van der Waals surface area contributed by atoms with Crippen LogP contribution in [-0.2, 0) is 21.0 Å². The first kappa shape index (κ1) is 30.0.